The number of halogens is 3. The van der Waals surface area contributed by atoms with E-state index in [0.29, 0.717) is 23.5 Å². The van der Waals surface area contributed by atoms with Crippen molar-refractivity contribution < 1.29 is 18.0 Å². The molecule has 1 N–H and O–H groups in total. The van der Waals surface area contributed by atoms with Crippen LogP contribution >= 0.6 is 0 Å². The summed E-state index contributed by atoms with van der Waals surface area (Å²) in [6.45, 7) is 6.12. The second-order valence-corrected chi connectivity index (χ2v) is 9.19. The Kier molecular flexibility index (Phi) is 6.42. The fourth-order valence-electron chi connectivity index (χ4n) is 5.25. The van der Waals surface area contributed by atoms with Gasteiger partial charge >= 0.3 is 6.18 Å². The molecule has 1 aliphatic heterocycles. The van der Waals surface area contributed by atoms with Crippen molar-refractivity contribution in [2.45, 2.75) is 83.4 Å². The van der Waals surface area contributed by atoms with Crippen molar-refractivity contribution in [1.29, 1.82) is 0 Å². The van der Waals surface area contributed by atoms with Crippen LogP contribution in [0.5, 0.6) is 0 Å². The van der Waals surface area contributed by atoms with Gasteiger partial charge < -0.3 is 5.32 Å². The van der Waals surface area contributed by atoms with Crippen LogP contribution in [0.25, 0.3) is 5.78 Å². The Hall–Kier alpha value is -2.23. The third kappa shape index (κ3) is 4.60. The van der Waals surface area contributed by atoms with Crippen molar-refractivity contribution in [3.05, 3.63) is 22.8 Å². The Morgan fingerprint density at radius 2 is 1.69 bits per heavy atom. The third-order valence-corrected chi connectivity index (χ3v) is 7.07. The van der Waals surface area contributed by atoms with Crippen LogP contribution in [0, 0.1) is 13.8 Å². The van der Waals surface area contributed by atoms with Crippen molar-refractivity contribution in [3.63, 3.8) is 0 Å². The summed E-state index contributed by atoms with van der Waals surface area (Å²) in [6.07, 6.45) is 4.88. The van der Waals surface area contributed by atoms with Gasteiger partial charge in [-0.25, -0.2) is 9.50 Å². The number of rotatable bonds is 5. The molecule has 0 unspecified atom stereocenters. The number of likely N-dealkylation sites (tertiary alicyclic amines) is 1. The second kappa shape index (κ2) is 8.96. The second-order valence-electron chi connectivity index (χ2n) is 9.19. The van der Waals surface area contributed by atoms with Crippen LogP contribution in [0.15, 0.2) is 0 Å². The van der Waals surface area contributed by atoms with Gasteiger partial charge in [0.2, 0.25) is 5.91 Å². The Morgan fingerprint density at radius 1 is 1.03 bits per heavy atom. The number of carbonyl (C=O) groups excluding carboxylic acids is 1. The Labute approximate surface area is 185 Å². The zero-order valence-electron chi connectivity index (χ0n) is 18.8. The smallest absolute Gasteiger partial charge is 0.354 e. The Bertz CT molecular complexity index is 974. The highest BCUT2D eigenvalue weighted by Gasteiger charge is 2.39. The molecule has 4 rings (SSSR count). The van der Waals surface area contributed by atoms with Gasteiger partial charge in [0.05, 0.1) is 6.42 Å². The molecule has 1 aliphatic carbocycles. The first-order valence-corrected chi connectivity index (χ1v) is 11.5. The molecule has 2 fully saturated rings. The molecule has 1 saturated carbocycles. The van der Waals surface area contributed by atoms with Gasteiger partial charge in [-0.3, -0.25) is 9.69 Å². The zero-order chi connectivity index (χ0) is 22.9. The zero-order valence-corrected chi connectivity index (χ0v) is 18.8. The first-order valence-electron chi connectivity index (χ1n) is 11.5. The SMILES string of the molecule is Cc1nc2nc(C(F)(F)F)nn2c(C)c1CC(=O)NCC1(N2CCCCC2)CCCCC1. The number of aromatic nitrogens is 4. The lowest BCUT2D eigenvalue weighted by Gasteiger charge is -2.48. The summed E-state index contributed by atoms with van der Waals surface area (Å²) in [5, 5.41) is 6.70. The van der Waals surface area contributed by atoms with E-state index in [0.717, 1.165) is 30.4 Å². The molecule has 2 aliphatic rings. The van der Waals surface area contributed by atoms with Crippen molar-refractivity contribution in [1.82, 2.24) is 29.8 Å². The van der Waals surface area contributed by atoms with Crippen LogP contribution in [0.3, 0.4) is 0 Å². The minimum Gasteiger partial charge on any atom is -0.354 e. The van der Waals surface area contributed by atoms with Gasteiger partial charge in [0, 0.05) is 29.0 Å². The number of carbonyl (C=O) groups is 1. The predicted molar refractivity (Wildman–Crippen MR) is 113 cm³/mol. The number of aryl methyl sites for hydroxylation is 2. The Balaban J connectivity index is 1.49. The standard InChI is InChI=1S/C22H31F3N6O/c1-15-17(16(2)31-20(27-15)28-19(29-31)22(23,24)25)13-18(32)26-14-21(9-5-3-6-10-21)30-11-7-4-8-12-30/h3-14H2,1-2H3,(H,26,32). The lowest BCUT2D eigenvalue weighted by atomic mass is 9.79. The van der Waals surface area contributed by atoms with Crippen molar-refractivity contribution in [2.75, 3.05) is 19.6 Å². The summed E-state index contributed by atoms with van der Waals surface area (Å²) in [4.78, 5) is 23.1. The predicted octanol–water partition coefficient (Wildman–Crippen LogP) is 3.61. The third-order valence-electron chi connectivity index (χ3n) is 7.07. The van der Waals surface area contributed by atoms with Crippen LogP contribution in [0.4, 0.5) is 13.2 Å². The minimum absolute atomic E-state index is 0.0220. The molecular formula is C22H31F3N6O. The van der Waals surface area contributed by atoms with E-state index in [2.05, 4.69) is 25.3 Å². The molecule has 2 aromatic rings. The van der Waals surface area contributed by atoms with Crippen LogP contribution in [0.1, 0.15) is 74.1 Å². The number of alkyl halides is 3. The number of hydrogen-bond acceptors (Lipinski definition) is 5. The number of amides is 1. The van der Waals surface area contributed by atoms with E-state index in [4.69, 9.17) is 0 Å². The first-order chi connectivity index (χ1) is 15.2. The van der Waals surface area contributed by atoms with Crippen molar-refractivity contribution in [3.8, 4) is 0 Å². The molecule has 1 amide bonds. The highest BCUT2D eigenvalue weighted by molar-refractivity contribution is 5.79. The lowest BCUT2D eigenvalue weighted by Crippen LogP contribution is -2.58. The maximum Gasteiger partial charge on any atom is 0.453 e. The van der Waals surface area contributed by atoms with Gasteiger partial charge in [-0.1, -0.05) is 25.7 Å². The fraction of sp³-hybridized carbons (Fsp3) is 0.727. The maximum atomic E-state index is 13.0. The molecule has 0 bridgehead atoms. The quantitative estimate of drug-likeness (QED) is 0.750. The summed E-state index contributed by atoms with van der Waals surface area (Å²) in [7, 11) is 0. The van der Waals surface area contributed by atoms with E-state index in [1.165, 1.54) is 38.5 Å². The molecule has 10 heteroatoms. The number of nitrogens with one attached hydrogen (secondary N) is 1. The number of piperidine rings is 1. The van der Waals surface area contributed by atoms with E-state index < -0.39 is 12.0 Å². The summed E-state index contributed by atoms with van der Waals surface area (Å²) in [5.74, 6) is -1.48. The molecule has 2 aromatic heterocycles. The molecule has 3 heterocycles. The lowest BCUT2D eigenvalue weighted by molar-refractivity contribution is -0.144. The number of fused-ring (bicyclic) bond motifs is 1. The van der Waals surface area contributed by atoms with Crippen LogP contribution in [0.2, 0.25) is 0 Å². The molecule has 0 spiro atoms. The minimum atomic E-state index is -4.64. The highest BCUT2D eigenvalue weighted by Crippen LogP contribution is 2.35. The van der Waals surface area contributed by atoms with Gasteiger partial charge in [-0.05, 0) is 52.6 Å². The molecule has 176 valence electrons. The molecule has 0 radical (unpaired) electrons. The molecular weight excluding hydrogens is 421 g/mol. The molecule has 0 atom stereocenters. The Morgan fingerprint density at radius 3 is 2.34 bits per heavy atom. The van der Waals surface area contributed by atoms with Gasteiger partial charge in [0.1, 0.15) is 0 Å². The van der Waals surface area contributed by atoms with E-state index in [1.807, 2.05) is 0 Å². The van der Waals surface area contributed by atoms with Crippen molar-refractivity contribution in [2.24, 2.45) is 0 Å². The average molecular weight is 453 g/mol. The largest absolute Gasteiger partial charge is 0.453 e. The maximum absolute atomic E-state index is 13.0. The van der Waals surface area contributed by atoms with Gasteiger partial charge in [0.15, 0.2) is 0 Å². The summed E-state index contributed by atoms with van der Waals surface area (Å²) >= 11 is 0. The normalized spacial score (nSPS) is 19.9. The molecule has 7 nitrogen and oxygen atoms in total. The van der Waals surface area contributed by atoms with Crippen LogP contribution in [-0.2, 0) is 17.4 Å². The van der Waals surface area contributed by atoms with Gasteiger partial charge in [-0.15, -0.1) is 5.10 Å². The van der Waals surface area contributed by atoms with E-state index in [1.54, 1.807) is 13.8 Å². The molecule has 1 saturated heterocycles. The van der Waals surface area contributed by atoms with E-state index in [9.17, 15) is 18.0 Å². The topological polar surface area (TPSA) is 75.4 Å². The monoisotopic (exact) mass is 452 g/mol. The van der Waals surface area contributed by atoms with Gasteiger partial charge in [-0.2, -0.15) is 18.2 Å². The fourth-order valence-corrected chi connectivity index (χ4v) is 5.25. The first kappa shape index (κ1) is 22.9. The summed E-state index contributed by atoms with van der Waals surface area (Å²) < 4.78 is 40.1. The molecule has 32 heavy (non-hydrogen) atoms. The van der Waals surface area contributed by atoms with E-state index in [-0.39, 0.29) is 23.6 Å². The molecule has 0 aromatic carbocycles. The van der Waals surface area contributed by atoms with Crippen LogP contribution < -0.4 is 5.32 Å². The van der Waals surface area contributed by atoms with Crippen molar-refractivity contribution >= 4 is 11.7 Å². The number of nitrogens with zero attached hydrogens (tertiary/aromatic N) is 5. The number of hydrogen-bond donors (Lipinski definition) is 1. The highest BCUT2D eigenvalue weighted by atomic mass is 19.4. The summed E-state index contributed by atoms with van der Waals surface area (Å²) in [6, 6.07) is 0. The summed E-state index contributed by atoms with van der Waals surface area (Å²) in [5.41, 5.74) is 1.56. The average Bonchev–Trinajstić information content (AvgIpc) is 3.21. The van der Waals surface area contributed by atoms with E-state index >= 15 is 0 Å². The van der Waals surface area contributed by atoms with Crippen LogP contribution in [-0.4, -0.2) is 55.6 Å². The van der Waals surface area contributed by atoms with Gasteiger partial charge in [0.25, 0.3) is 11.6 Å².